The summed E-state index contributed by atoms with van der Waals surface area (Å²) < 4.78 is 4.70. The molecule has 0 radical (unpaired) electrons. The van der Waals surface area contributed by atoms with E-state index in [1.807, 2.05) is 6.92 Å². The van der Waals surface area contributed by atoms with Crippen LogP contribution in [0.25, 0.3) is 0 Å². The van der Waals surface area contributed by atoms with Crippen LogP contribution in [0.1, 0.15) is 46.3 Å². The fourth-order valence-electron chi connectivity index (χ4n) is 1.84. The first kappa shape index (κ1) is 11.8. The van der Waals surface area contributed by atoms with Crippen LogP contribution in [-0.4, -0.2) is 21.0 Å². The summed E-state index contributed by atoms with van der Waals surface area (Å²) in [7, 11) is 0. The molecule has 2 heterocycles. The molecule has 0 unspecified atom stereocenters. The topological polar surface area (TPSA) is 80.9 Å². The lowest BCUT2D eigenvalue weighted by atomic mass is 10.2. The van der Waals surface area contributed by atoms with Crippen LogP contribution in [0.15, 0.2) is 23.0 Å². The van der Waals surface area contributed by atoms with Gasteiger partial charge in [-0.2, -0.15) is 0 Å². The summed E-state index contributed by atoms with van der Waals surface area (Å²) in [5.74, 6) is 1.15. The molecular formula is C13H14N4O2. The van der Waals surface area contributed by atoms with Gasteiger partial charge in [-0.25, -0.2) is 9.97 Å². The predicted octanol–water partition coefficient (Wildman–Crippen LogP) is 1.58. The molecule has 6 nitrogen and oxygen atoms in total. The van der Waals surface area contributed by atoms with Crippen LogP contribution in [0.4, 0.5) is 0 Å². The zero-order valence-electron chi connectivity index (χ0n) is 10.6. The number of hydrogen-bond acceptors (Lipinski definition) is 5. The third-order valence-electron chi connectivity index (χ3n) is 3.11. The number of carbonyl (C=O) groups is 1. The van der Waals surface area contributed by atoms with E-state index in [9.17, 15) is 4.79 Å². The molecule has 1 N–H and O–H groups in total. The molecule has 98 valence electrons. The van der Waals surface area contributed by atoms with Gasteiger partial charge in [-0.3, -0.25) is 4.79 Å². The van der Waals surface area contributed by atoms with Crippen LogP contribution >= 0.6 is 0 Å². The standard InChI is InChI=1S/C13H14N4O2/c1-8-11(7-14-12(16-8)9-2-3-9)13(18)15-6-10-4-5-19-17-10/h4-5,7,9H,2-3,6H2,1H3,(H,15,18). The Balaban J connectivity index is 1.68. The van der Waals surface area contributed by atoms with Gasteiger partial charge < -0.3 is 9.84 Å². The fourth-order valence-corrected chi connectivity index (χ4v) is 1.84. The van der Waals surface area contributed by atoms with Crippen molar-refractivity contribution in [2.75, 3.05) is 0 Å². The molecule has 0 spiro atoms. The van der Waals surface area contributed by atoms with Gasteiger partial charge in [0.1, 0.15) is 17.8 Å². The summed E-state index contributed by atoms with van der Waals surface area (Å²) in [6.45, 7) is 2.16. The Kier molecular flexibility index (Phi) is 2.98. The van der Waals surface area contributed by atoms with E-state index in [1.165, 1.54) is 6.26 Å². The lowest BCUT2D eigenvalue weighted by Gasteiger charge is -2.06. The van der Waals surface area contributed by atoms with Gasteiger partial charge in [0.25, 0.3) is 5.91 Å². The van der Waals surface area contributed by atoms with Crippen molar-refractivity contribution in [3.63, 3.8) is 0 Å². The minimum absolute atomic E-state index is 0.192. The van der Waals surface area contributed by atoms with Gasteiger partial charge in [0.2, 0.25) is 0 Å². The summed E-state index contributed by atoms with van der Waals surface area (Å²) in [4.78, 5) is 20.7. The van der Waals surface area contributed by atoms with Crippen molar-refractivity contribution in [2.24, 2.45) is 0 Å². The highest BCUT2D eigenvalue weighted by molar-refractivity contribution is 5.94. The molecule has 6 heteroatoms. The maximum absolute atomic E-state index is 12.0. The zero-order chi connectivity index (χ0) is 13.2. The molecule has 2 aromatic heterocycles. The van der Waals surface area contributed by atoms with Gasteiger partial charge in [-0.1, -0.05) is 5.16 Å². The Morgan fingerprint density at radius 3 is 3.00 bits per heavy atom. The third kappa shape index (κ3) is 2.62. The van der Waals surface area contributed by atoms with E-state index in [4.69, 9.17) is 4.52 Å². The van der Waals surface area contributed by atoms with E-state index in [1.54, 1.807) is 12.3 Å². The highest BCUT2D eigenvalue weighted by Gasteiger charge is 2.27. The van der Waals surface area contributed by atoms with Gasteiger partial charge >= 0.3 is 0 Å². The summed E-state index contributed by atoms with van der Waals surface area (Å²) in [6, 6.07) is 1.71. The van der Waals surface area contributed by atoms with Gasteiger partial charge in [0.05, 0.1) is 17.8 Å². The zero-order valence-corrected chi connectivity index (χ0v) is 10.6. The largest absolute Gasteiger partial charge is 0.364 e. The van der Waals surface area contributed by atoms with E-state index in [0.717, 1.165) is 24.4 Å². The second kappa shape index (κ2) is 4.79. The molecule has 0 bridgehead atoms. The number of carbonyl (C=O) groups excluding carboxylic acids is 1. The first-order valence-electron chi connectivity index (χ1n) is 6.25. The quantitative estimate of drug-likeness (QED) is 0.900. The number of nitrogens with one attached hydrogen (secondary N) is 1. The van der Waals surface area contributed by atoms with E-state index in [0.29, 0.717) is 23.7 Å². The lowest BCUT2D eigenvalue weighted by molar-refractivity contribution is 0.0948. The lowest BCUT2D eigenvalue weighted by Crippen LogP contribution is -2.24. The molecule has 0 aliphatic heterocycles. The van der Waals surface area contributed by atoms with Crippen molar-refractivity contribution in [1.82, 2.24) is 20.4 Å². The minimum Gasteiger partial charge on any atom is -0.364 e. The molecular weight excluding hydrogens is 244 g/mol. The number of amides is 1. The molecule has 2 aromatic rings. The Morgan fingerprint density at radius 2 is 2.37 bits per heavy atom. The maximum Gasteiger partial charge on any atom is 0.255 e. The molecule has 0 aromatic carbocycles. The molecule has 3 rings (SSSR count). The van der Waals surface area contributed by atoms with E-state index in [-0.39, 0.29) is 5.91 Å². The molecule has 1 fully saturated rings. The van der Waals surface area contributed by atoms with E-state index >= 15 is 0 Å². The predicted molar refractivity (Wildman–Crippen MR) is 66.4 cm³/mol. The molecule has 0 atom stereocenters. The number of rotatable bonds is 4. The van der Waals surface area contributed by atoms with Gasteiger partial charge in [-0.15, -0.1) is 0 Å². The van der Waals surface area contributed by atoms with Gasteiger partial charge in [-0.05, 0) is 19.8 Å². The summed E-state index contributed by atoms with van der Waals surface area (Å²) in [5.41, 5.74) is 1.91. The first-order valence-corrected chi connectivity index (χ1v) is 6.25. The average molecular weight is 258 g/mol. The second-order valence-electron chi connectivity index (χ2n) is 4.68. The molecule has 1 amide bonds. The van der Waals surface area contributed by atoms with Crippen molar-refractivity contribution in [3.05, 3.63) is 41.3 Å². The highest BCUT2D eigenvalue weighted by atomic mass is 16.5. The van der Waals surface area contributed by atoms with Crippen LogP contribution in [0, 0.1) is 6.92 Å². The van der Waals surface area contributed by atoms with Crippen molar-refractivity contribution in [1.29, 1.82) is 0 Å². The maximum atomic E-state index is 12.0. The fraction of sp³-hybridized carbons (Fsp3) is 0.385. The van der Waals surface area contributed by atoms with Gasteiger partial charge in [0.15, 0.2) is 0 Å². The van der Waals surface area contributed by atoms with E-state index < -0.39 is 0 Å². The Bertz CT molecular complexity index is 591. The monoisotopic (exact) mass is 258 g/mol. The summed E-state index contributed by atoms with van der Waals surface area (Å²) in [6.07, 6.45) is 5.38. The normalized spacial score (nSPS) is 14.4. The van der Waals surface area contributed by atoms with Crippen molar-refractivity contribution < 1.29 is 9.32 Å². The smallest absolute Gasteiger partial charge is 0.255 e. The number of hydrogen-bond donors (Lipinski definition) is 1. The van der Waals surface area contributed by atoms with E-state index in [2.05, 4.69) is 20.4 Å². The molecule has 19 heavy (non-hydrogen) atoms. The Hall–Kier alpha value is -2.24. The molecule has 1 saturated carbocycles. The van der Waals surface area contributed by atoms with Crippen LogP contribution < -0.4 is 5.32 Å². The minimum atomic E-state index is -0.192. The Labute approximate surface area is 110 Å². The van der Waals surface area contributed by atoms with Crippen LogP contribution in [0.3, 0.4) is 0 Å². The number of aromatic nitrogens is 3. The molecule has 0 saturated heterocycles. The van der Waals surface area contributed by atoms with Crippen molar-refractivity contribution in [2.45, 2.75) is 32.2 Å². The van der Waals surface area contributed by atoms with Crippen LogP contribution in [-0.2, 0) is 6.54 Å². The summed E-state index contributed by atoms with van der Waals surface area (Å²) in [5, 5.41) is 6.49. The number of nitrogens with zero attached hydrogens (tertiary/aromatic N) is 3. The Morgan fingerprint density at radius 1 is 1.53 bits per heavy atom. The highest BCUT2D eigenvalue weighted by Crippen LogP contribution is 2.37. The van der Waals surface area contributed by atoms with Crippen molar-refractivity contribution >= 4 is 5.91 Å². The summed E-state index contributed by atoms with van der Waals surface area (Å²) >= 11 is 0. The number of aryl methyl sites for hydroxylation is 1. The van der Waals surface area contributed by atoms with Crippen molar-refractivity contribution in [3.8, 4) is 0 Å². The molecule has 1 aliphatic carbocycles. The SMILES string of the molecule is Cc1nc(C2CC2)ncc1C(=O)NCc1ccon1. The first-order chi connectivity index (χ1) is 9.24. The van der Waals surface area contributed by atoms with Gasteiger partial charge in [0, 0.05) is 18.2 Å². The van der Waals surface area contributed by atoms with Crippen LogP contribution in [0.2, 0.25) is 0 Å². The van der Waals surface area contributed by atoms with Crippen LogP contribution in [0.5, 0.6) is 0 Å². The second-order valence-corrected chi connectivity index (χ2v) is 4.68. The molecule has 1 aliphatic rings. The third-order valence-corrected chi connectivity index (χ3v) is 3.11. The average Bonchev–Trinajstić information content (AvgIpc) is 3.13.